The zero-order valence-corrected chi connectivity index (χ0v) is 12.1. The van der Waals surface area contributed by atoms with Gasteiger partial charge >= 0.3 is 0 Å². The summed E-state index contributed by atoms with van der Waals surface area (Å²) < 4.78 is 7.56. The predicted octanol–water partition coefficient (Wildman–Crippen LogP) is 3.46. The topological polar surface area (TPSA) is 55.9 Å². The maximum Gasteiger partial charge on any atom is 0.172 e. The first-order chi connectivity index (χ1) is 10.3. The van der Waals surface area contributed by atoms with Gasteiger partial charge in [-0.3, -0.25) is 0 Å². The van der Waals surface area contributed by atoms with E-state index >= 15 is 0 Å². The Hall–Kier alpha value is -2.56. The molecular weight excluding hydrogens is 264 g/mol. The number of anilines is 1. The Labute approximate surface area is 122 Å². The molecule has 0 amide bonds. The Morgan fingerprint density at radius 3 is 2.86 bits per heavy atom. The third-order valence-corrected chi connectivity index (χ3v) is 3.93. The lowest BCUT2D eigenvalue weighted by Gasteiger charge is -2.15. The molecule has 5 heteroatoms. The van der Waals surface area contributed by atoms with Crippen LogP contribution in [0.4, 0.5) is 5.82 Å². The van der Waals surface area contributed by atoms with Crippen molar-refractivity contribution in [3.05, 3.63) is 41.6 Å². The van der Waals surface area contributed by atoms with E-state index in [0.29, 0.717) is 6.54 Å². The highest BCUT2D eigenvalue weighted by atomic mass is 16.5. The quantitative estimate of drug-likeness (QED) is 0.781. The van der Waals surface area contributed by atoms with Gasteiger partial charge in [-0.25, -0.2) is 4.68 Å². The molecule has 4 rings (SSSR count). The van der Waals surface area contributed by atoms with Gasteiger partial charge in [-0.1, -0.05) is 35.0 Å². The molecule has 5 nitrogen and oxygen atoms in total. The van der Waals surface area contributed by atoms with Crippen molar-refractivity contribution in [2.45, 2.75) is 26.9 Å². The van der Waals surface area contributed by atoms with E-state index in [0.717, 1.165) is 40.5 Å². The monoisotopic (exact) mass is 280 g/mol. The largest absolute Gasteiger partial charge is 0.365 e. The molecule has 0 unspecified atom stereocenters. The highest BCUT2D eigenvalue weighted by Gasteiger charge is 2.27. The molecule has 0 saturated carbocycles. The van der Waals surface area contributed by atoms with E-state index in [4.69, 9.17) is 4.52 Å². The van der Waals surface area contributed by atoms with Crippen LogP contribution in [0.5, 0.6) is 0 Å². The summed E-state index contributed by atoms with van der Waals surface area (Å²) in [7, 11) is 0. The maximum atomic E-state index is 5.62. The summed E-state index contributed by atoms with van der Waals surface area (Å²) in [4.78, 5) is 0. The van der Waals surface area contributed by atoms with Crippen molar-refractivity contribution in [3.8, 4) is 22.6 Å². The molecule has 0 radical (unpaired) electrons. The van der Waals surface area contributed by atoms with E-state index in [1.807, 2.05) is 10.9 Å². The van der Waals surface area contributed by atoms with E-state index in [2.05, 4.69) is 53.7 Å². The summed E-state index contributed by atoms with van der Waals surface area (Å²) in [5.74, 6) is 1.86. The Bertz CT molecular complexity index is 798. The fourth-order valence-electron chi connectivity index (χ4n) is 2.77. The van der Waals surface area contributed by atoms with Crippen LogP contribution in [-0.4, -0.2) is 14.9 Å². The zero-order chi connectivity index (χ0) is 14.4. The van der Waals surface area contributed by atoms with Gasteiger partial charge in [0.15, 0.2) is 5.76 Å². The summed E-state index contributed by atoms with van der Waals surface area (Å²) >= 11 is 0. The Kier molecular flexibility index (Phi) is 2.60. The molecule has 3 heterocycles. The first kappa shape index (κ1) is 12.2. The molecule has 0 bridgehead atoms. The van der Waals surface area contributed by atoms with Gasteiger partial charge in [0.1, 0.15) is 11.5 Å². The molecule has 1 aromatic carbocycles. The van der Waals surface area contributed by atoms with Crippen molar-refractivity contribution in [1.29, 1.82) is 0 Å². The van der Waals surface area contributed by atoms with Gasteiger partial charge in [-0.05, 0) is 13.8 Å². The first-order valence-corrected chi connectivity index (χ1v) is 7.13. The van der Waals surface area contributed by atoms with Crippen LogP contribution in [0.2, 0.25) is 0 Å². The van der Waals surface area contributed by atoms with Crippen LogP contribution >= 0.6 is 0 Å². The molecule has 106 valence electrons. The lowest BCUT2D eigenvalue weighted by atomic mass is 10.0. The second-order valence-corrected chi connectivity index (χ2v) is 5.28. The normalized spacial score (nSPS) is 12.7. The number of benzene rings is 1. The van der Waals surface area contributed by atoms with Gasteiger partial charge in [-0.15, -0.1) is 0 Å². The van der Waals surface area contributed by atoms with Crippen LogP contribution in [-0.2, 0) is 13.1 Å². The molecule has 0 spiro atoms. The van der Waals surface area contributed by atoms with Gasteiger partial charge in [-0.2, -0.15) is 5.10 Å². The van der Waals surface area contributed by atoms with Crippen molar-refractivity contribution in [1.82, 2.24) is 14.9 Å². The molecule has 0 saturated heterocycles. The molecule has 21 heavy (non-hydrogen) atoms. The van der Waals surface area contributed by atoms with Crippen LogP contribution in [0.1, 0.15) is 18.1 Å². The fourth-order valence-corrected chi connectivity index (χ4v) is 2.77. The van der Waals surface area contributed by atoms with E-state index in [1.54, 1.807) is 0 Å². The maximum absolute atomic E-state index is 5.62. The summed E-state index contributed by atoms with van der Waals surface area (Å²) in [6, 6.07) is 8.31. The van der Waals surface area contributed by atoms with Crippen molar-refractivity contribution < 1.29 is 4.52 Å². The summed E-state index contributed by atoms with van der Waals surface area (Å²) in [5, 5.41) is 12.1. The molecule has 1 N–H and O–H groups in total. The van der Waals surface area contributed by atoms with Gasteiger partial charge in [0.05, 0.1) is 11.8 Å². The lowest BCUT2D eigenvalue weighted by Crippen LogP contribution is -2.12. The number of aromatic nitrogens is 3. The highest BCUT2D eigenvalue weighted by Crippen LogP contribution is 2.39. The summed E-state index contributed by atoms with van der Waals surface area (Å²) in [6.45, 7) is 5.69. The summed E-state index contributed by atoms with van der Waals surface area (Å²) in [5.41, 5.74) is 5.31. The molecule has 2 aromatic heterocycles. The molecule has 3 aromatic rings. The number of hydrogen-bond acceptors (Lipinski definition) is 4. The van der Waals surface area contributed by atoms with Crippen LogP contribution in [0.3, 0.4) is 0 Å². The van der Waals surface area contributed by atoms with Gasteiger partial charge in [0, 0.05) is 24.2 Å². The zero-order valence-electron chi connectivity index (χ0n) is 12.1. The standard InChI is InChI=1S/C16H16N4O/c1-3-20-16-13(9-18-20)14-12(8-17-16)15(21-19-14)11-6-4-10(2)5-7-11/h4-7,9,17H,3,8H2,1-2H3. The smallest absolute Gasteiger partial charge is 0.172 e. The minimum Gasteiger partial charge on any atom is -0.365 e. The third-order valence-electron chi connectivity index (χ3n) is 3.93. The van der Waals surface area contributed by atoms with Crippen molar-refractivity contribution in [3.63, 3.8) is 0 Å². The molecule has 0 aliphatic carbocycles. The molecule has 0 fully saturated rings. The van der Waals surface area contributed by atoms with Crippen molar-refractivity contribution in [2.24, 2.45) is 0 Å². The Balaban J connectivity index is 1.84. The molecule has 0 atom stereocenters. The van der Waals surface area contributed by atoms with E-state index in [-0.39, 0.29) is 0 Å². The minimum absolute atomic E-state index is 0.709. The Morgan fingerprint density at radius 1 is 1.29 bits per heavy atom. The molecule has 1 aliphatic rings. The predicted molar refractivity (Wildman–Crippen MR) is 80.9 cm³/mol. The number of hydrogen-bond donors (Lipinski definition) is 1. The lowest BCUT2D eigenvalue weighted by molar-refractivity contribution is 0.434. The minimum atomic E-state index is 0.709. The van der Waals surface area contributed by atoms with Crippen molar-refractivity contribution in [2.75, 3.05) is 5.32 Å². The number of fused-ring (bicyclic) bond motifs is 3. The number of rotatable bonds is 2. The Morgan fingerprint density at radius 2 is 2.10 bits per heavy atom. The number of nitrogens with zero attached hydrogens (tertiary/aromatic N) is 3. The molecular formula is C16H16N4O. The SMILES string of the molecule is CCn1ncc2c1NCc1c-2noc1-c1ccc(C)cc1. The van der Waals surface area contributed by atoms with Gasteiger partial charge < -0.3 is 9.84 Å². The highest BCUT2D eigenvalue weighted by molar-refractivity contribution is 5.82. The van der Waals surface area contributed by atoms with E-state index in [1.165, 1.54) is 5.56 Å². The number of aryl methyl sites for hydroxylation is 2. The average molecular weight is 280 g/mol. The fraction of sp³-hybridized carbons (Fsp3) is 0.250. The van der Waals surface area contributed by atoms with Gasteiger partial charge in [0.25, 0.3) is 0 Å². The van der Waals surface area contributed by atoms with Crippen LogP contribution < -0.4 is 5.32 Å². The molecule has 1 aliphatic heterocycles. The first-order valence-electron chi connectivity index (χ1n) is 7.13. The third kappa shape index (κ3) is 1.77. The van der Waals surface area contributed by atoms with Crippen LogP contribution in [0.15, 0.2) is 35.0 Å². The number of nitrogens with one attached hydrogen (secondary N) is 1. The van der Waals surface area contributed by atoms with E-state index in [9.17, 15) is 0 Å². The van der Waals surface area contributed by atoms with Gasteiger partial charge in [0.2, 0.25) is 0 Å². The summed E-state index contributed by atoms with van der Waals surface area (Å²) in [6.07, 6.45) is 1.85. The van der Waals surface area contributed by atoms with Crippen molar-refractivity contribution >= 4 is 5.82 Å². The van der Waals surface area contributed by atoms with Crippen LogP contribution in [0.25, 0.3) is 22.6 Å². The van der Waals surface area contributed by atoms with E-state index < -0.39 is 0 Å². The average Bonchev–Trinajstić information content (AvgIpc) is 3.11. The second kappa shape index (κ2) is 4.48. The second-order valence-electron chi connectivity index (χ2n) is 5.28. The van der Waals surface area contributed by atoms with Crippen LogP contribution in [0, 0.1) is 6.92 Å².